The Balaban J connectivity index is 0.000000155. The normalized spacial score (nSPS) is 34.5. The maximum Gasteiger partial charge on any atom is 0.194 e. The van der Waals surface area contributed by atoms with Crippen LogP contribution in [0.15, 0.2) is 73.3 Å². The number of fused-ring (bicyclic) bond motifs is 8. The maximum atomic E-state index is 12.7. The van der Waals surface area contributed by atoms with E-state index < -0.39 is 22.4 Å². The third-order valence-electron chi connectivity index (χ3n) is 16.3. The number of ketones is 2. The average molecular weight is 1330 g/mol. The van der Waals surface area contributed by atoms with Crippen LogP contribution in [0, 0.1) is 30.3 Å². The van der Waals surface area contributed by atoms with Crippen LogP contribution in [0.3, 0.4) is 0 Å². The second-order valence-corrected chi connectivity index (χ2v) is 23.1. The van der Waals surface area contributed by atoms with E-state index in [0.29, 0.717) is 31.6 Å². The predicted octanol–water partition coefficient (Wildman–Crippen LogP) is 10.8. The number of hydrogen-bond donors (Lipinski definition) is 2. The van der Waals surface area contributed by atoms with Gasteiger partial charge in [0.05, 0.1) is 35.6 Å². The van der Waals surface area contributed by atoms with Crippen molar-refractivity contribution >= 4 is 115 Å². The number of nitrogens with one attached hydrogen (secondary N) is 2. The number of rotatable bonds is 10. The molecule has 6 heterocycles. The van der Waals surface area contributed by atoms with Gasteiger partial charge in [0.15, 0.2) is 53.2 Å². The fourth-order valence-corrected chi connectivity index (χ4v) is 13.9. The van der Waals surface area contributed by atoms with Crippen LogP contribution in [0.2, 0.25) is 0 Å². The summed E-state index contributed by atoms with van der Waals surface area (Å²) in [6.07, 6.45) is 6.59. The minimum atomic E-state index is -0.714. The fraction of sp³-hybridized carbons (Fsp3) is 0.556. The van der Waals surface area contributed by atoms with E-state index in [-0.39, 0.29) is 83.9 Å². The molecule has 73 heavy (non-hydrogen) atoms. The summed E-state index contributed by atoms with van der Waals surface area (Å²) in [6, 6.07) is 21.7. The summed E-state index contributed by atoms with van der Waals surface area (Å²) < 4.78 is 30.8. The molecule has 6 aromatic rings. The van der Waals surface area contributed by atoms with Crippen LogP contribution in [0.5, 0.6) is 0 Å². The topological polar surface area (TPSA) is 182 Å². The molecule has 6 saturated carbocycles. The van der Waals surface area contributed by atoms with Gasteiger partial charge in [0, 0.05) is 69.1 Å². The zero-order valence-corrected chi connectivity index (χ0v) is 49.5. The zero-order valence-electron chi connectivity index (χ0n) is 42.9. The van der Waals surface area contributed by atoms with Gasteiger partial charge in [-0.1, -0.05) is 88.4 Å². The molecule has 388 valence electrons. The summed E-state index contributed by atoms with van der Waals surface area (Å²) in [6.45, 7) is 19.1. The third kappa shape index (κ3) is 8.90. The van der Waals surface area contributed by atoms with Crippen molar-refractivity contribution in [3.05, 3.63) is 92.1 Å². The summed E-state index contributed by atoms with van der Waals surface area (Å²) >= 11 is 4.33. The van der Waals surface area contributed by atoms with Crippen LogP contribution in [-0.4, -0.2) is 98.7 Å². The minimum Gasteiger partial charge on any atom is -0.365 e. The first kappa shape index (κ1) is 52.9. The zero-order chi connectivity index (χ0) is 50.8. The van der Waals surface area contributed by atoms with Crippen LogP contribution >= 0.6 is 69.2 Å². The second-order valence-electron chi connectivity index (χ2n) is 21.2. The van der Waals surface area contributed by atoms with E-state index in [9.17, 15) is 9.59 Å². The molecule has 2 aromatic carbocycles. The molecule has 16 nitrogen and oxygen atoms in total. The van der Waals surface area contributed by atoms with Gasteiger partial charge in [-0.25, -0.2) is 29.9 Å². The van der Waals surface area contributed by atoms with Crippen molar-refractivity contribution in [2.24, 2.45) is 22.7 Å². The van der Waals surface area contributed by atoms with Gasteiger partial charge in [-0.3, -0.25) is 9.59 Å². The van der Waals surface area contributed by atoms with Crippen molar-refractivity contribution in [1.82, 2.24) is 39.0 Å². The number of benzene rings is 2. The lowest BCUT2D eigenvalue weighted by Crippen LogP contribution is -2.34. The van der Waals surface area contributed by atoms with Crippen molar-refractivity contribution in [3.8, 4) is 0 Å². The number of hydrogen-bond acceptors (Lipinski definition) is 14. The molecule has 6 aliphatic carbocycles. The Morgan fingerprint density at radius 1 is 0.589 bits per heavy atom. The Hall–Kier alpha value is -3.49. The van der Waals surface area contributed by atoms with Crippen molar-refractivity contribution in [2.75, 3.05) is 10.6 Å². The molecule has 0 spiro atoms. The molecule has 2 N–H and O–H groups in total. The smallest absolute Gasteiger partial charge is 0.194 e. The van der Waals surface area contributed by atoms with Crippen molar-refractivity contribution in [2.45, 2.75) is 167 Å². The van der Waals surface area contributed by atoms with Gasteiger partial charge in [-0.15, -0.1) is 24.0 Å². The van der Waals surface area contributed by atoms with E-state index in [0.717, 1.165) is 59.6 Å². The Kier molecular flexibility index (Phi) is 14.1. The molecule has 2 saturated heterocycles. The number of carbonyl (C=O) groups is 2. The highest BCUT2D eigenvalue weighted by Gasteiger charge is 2.79. The van der Waals surface area contributed by atoms with Gasteiger partial charge in [0.1, 0.15) is 36.0 Å². The predicted molar refractivity (Wildman–Crippen MR) is 305 cm³/mol. The second kappa shape index (κ2) is 19.5. The number of aromatic nitrogens is 8. The molecular weight excluding hydrogens is 1270 g/mol. The molecule has 8 aliphatic rings. The first-order valence-electron chi connectivity index (χ1n) is 25.7. The van der Waals surface area contributed by atoms with Crippen molar-refractivity contribution in [3.63, 3.8) is 0 Å². The molecule has 2 aliphatic heterocycles. The Morgan fingerprint density at radius 3 is 1.32 bits per heavy atom. The van der Waals surface area contributed by atoms with Gasteiger partial charge in [-0.05, 0) is 90.2 Å². The van der Waals surface area contributed by atoms with Gasteiger partial charge in [0.25, 0.3) is 0 Å². The SMILES string of the molecule is CC.CC.CC(=O)[C@@]12CC1[C@@H](n1cnc3c(NC4CC4c4ccccc4)nc(I)nc31)[C@@H]1OC(C)(C)OC12.CC(=O)[C@@]12CC1[C@@H](n1cnc3c(NC4CC4c4ccccc4)nc(I)nc31)[C@@H]1OC(C)(C)OC12.I. The number of anilines is 2. The lowest BCUT2D eigenvalue weighted by molar-refractivity contribution is -0.164. The molecule has 8 unspecified atom stereocenters. The van der Waals surface area contributed by atoms with Gasteiger partial charge in [-0.2, -0.15) is 0 Å². The molecule has 0 bridgehead atoms. The quantitative estimate of drug-likeness (QED) is 0.0976. The molecule has 0 amide bonds. The lowest BCUT2D eigenvalue weighted by atomic mass is 9.95. The van der Waals surface area contributed by atoms with Crippen molar-refractivity contribution < 1.29 is 28.5 Å². The summed E-state index contributed by atoms with van der Waals surface area (Å²) in [5, 5.41) is 7.23. The highest BCUT2D eigenvalue weighted by Crippen LogP contribution is 2.73. The first-order chi connectivity index (χ1) is 34.6. The average Bonchev–Trinajstić information content (AvgIpc) is 4.32. The number of nitrogens with zero attached hydrogens (tertiary/aromatic N) is 8. The van der Waals surface area contributed by atoms with Gasteiger partial charge in [0.2, 0.25) is 0 Å². The van der Waals surface area contributed by atoms with Crippen LogP contribution < -0.4 is 10.6 Å². The van der Waals surface area contributed by atoms with E-state index in [2.05, 4.69) is 123 Å². The summed E-state index contributed by atoms with van der Waals surface area (Å²) in [5.74, 6) is 1.79. The molecule has 14 rings (SSSR count). The summed E-state index contributed by atoms with van der Waals surface area (Å²) in [5.41, 5.74) is 4.85. The molecule has 0 radical (unpaired) electrons. The highest BCUT2D eigenvalue weighted by atomic mass is 127. The lowest BCUT2D eigenvalue weighted by Gasteiger charge is -2.24. The number of ether oxygens (including phenoxy) is 4. The van der Waals surface area contributed by atoms with E-state index in [1.165, 1.54) is 11.1 Å². The number of halogens is 3. The highest BCUT2D eigenvalue weighted by molar-refractivity contribution is 14.1. The van der Waals surface area contributed by atoms with E-state index in [1.807, 2.05) is 80.2 Å². The van der Waals surface area contributed by atoms with Crippen LogP contribution in [0.25, 0.3) is 22.3 Å². The van der Waals surface area contributed by atoms with Gasteiger partial charge < -0.3 is 38.7 Å². The fourth-order valence-electron chi connectivity index (χ4n) is 13.0. The number of carbonyl (C=O) groups excluding carboxylic acids is 2. The third-order valence-corrected chi connectivity index (χ3v) is 17.3. The van der Waals surface area contributed by atoms with E-state index >= 15 is 0 Å². The van der Waals surface area contributed by atoms with Crippen LogP contribution in [0.4, 0.5) is 11.6 Å². The largest absolute Gasteiger partial charge is 0.365 e. The van der Waals surface area contributed by atoms with Crippen LogP contribution in [-0.2, 0) is 28.5 Å². The standard InChI is InChI=1S/2C25H26IN5O3.2C2H6.HI/c2*1-12(32)25-10-15(25)18(19-20(25)34-24(2,3)33-19)31-11-27-17-21(29-23(26)30-22(17)31)28-16-9-14(16)13-7-5-4-6-8-13;2*1-2;/h2*4-8,11,14-16,18-20H,9-10H2,1-3H3,(H,28,29,30);2*1-2H3;1H/t2*14?,15?,16?,18-,19+,20?,25+;;;/m11.../s1. The Bertz CT molecular complexity index is 2860. The number of Topliss-reactive ketones (excluding diaryl/α,β-unsaturated/α-hetero) is 2. The Morgan fingerprint density at radius 2 is 0.959 bits per heavy atom. The molecule has 4 aromatic heterocycles. The van der Waals surface area contributed by atoms with Crippen LogP contribution in [0.1, 0.15) is 130 Å². The minimum absolute atomic E-state index is 0. The van der Waals surface area contributed by atoms with Gasteiger partial charge >= 0.3 is 0 Å². The number of imidazole rings is 2. The molecule has 19 heteroatoms. The Labute approximate surface area is 470 Å². The molecular formula is C54H65I3N10O6. The van der Waals surface area contributed by atoms with E-state index in [4.69, 9.17) is 38.9 Å². The monoisotopic (exact) mass is 1330 g/mol. The summed E-state index contributed by atoms with van der Waals surface area (Å²) in [4.78, 5) is 53.9. The maximum absolute atomic E-state index is 12.7. The van der Waals surface area contributed by atoms with Crippen molar-refractivity contribution in [1.29, 1.82) is 0 Å². The molecule has 14 atom stereocenters. The summed E-state index contributed by atoms with van der Waals surface area (Å²) in [7, 11) is 0. The first-order valence-corrected chi connectivity index (χ1v) is 27.9. The van der Waals surface area contributed by atoms with E-state index in [1.54, 1.807) is 13.8 Å². The molecule has 8 fully saturated rings.